The van der Waals surface area contributed by atoms with Gasteiger partial charge in [-0.1, -0.05) is 24.3 Å². The number of hydrogen-bond donors (Lipinski definition) is 2. The normalized spacial score (nSPS) is 26.0. The van der Waals surface area contributed by atoms with E-state index in [9.17, 15) is 18.0 Å². The van der Waals surface area contributed by atoms with Gasteiger partial charge in [0.15, 0.2) is 0 Å². The van der Waals surface area contributed by atoms with E-state index in [0.29, 0.717) is 68.9 Å². The Morgan fingerprint density at radius 3 is 2.61 bits per heavy atom. The number of piperazine rings is 1. The Balaban J connectivity index is 1.40. The zero-order chi connectivity index (χ0) is 29.0. The maximum absolute atomic E-state index is 13.8. The molecule has 2 N–H and O–H groups in total. The predicted molar refractivity (Wildman–Crippen MR) is 150 cm³/mol. The highest BCUT2D eigenvalue weighted by molar-refractivity contribution is 7.88. The molecule has 218 valence electrons. The highest BCUT2D eigenvalue weighted by Gasteiger charge is 2.39. The lowest BCUT2D eigenvalue weighted by Crippen LogP contribution is -2.61. The first-order valence-electron chi connectivity index (χ1n) is 13.8. The molecule has 5 rings (SSSR count). The molecule has 0 aromatic heterocycles. The Kier molecular flexibility index (Phi) is 8.89. The third kappa shape index (κ3) is 7.23. The summed E-state index contributed by atoms with van der Waals surface area (Å²) in [5.41, 5.74) is 1.98. The number of nitrogens with one attached hydrogen (secondary N) is 2. The summed E-state index contributed by atoms with van der Waals surface area (Å²) in [4.78, 5) is 31.3. The van der Waals surface area contributed by atoms with Crippen LogP contribution in [0.2, 0.25) is 0 Å². The number of rotatable bonds is 4. The Labute approximate surface area is 240 Å². The van der Waals surface area contributed by atoms with Crippen molar-refractivity contribution in [2.45, 2.75) is 50.1 Å². The minimum Gasteiger partial charge on any atom is -0.493 e. The van der Waals surface area contributed by atoms with Crippen molar-refractivity contribution in [1.29, 1.82) is 5.26 Å². The lowest BCUT2D eigenvalue weighted by molar-refractivity contribution is -0.130. The van der Waals surface area contributed by atoms with E-state index in [0.717, 1.165) is 11.8 Å². The predicted octanol–water partition coefficient (Wildman–Crippen LogP) is 1.25. The van der Waals surface area contributed by atoms with Gasteiger partial charge in [0, 0.05) is 45.2 Å². The monoisotopic (exact) mass is 581 g/mol. The minimum atomic E-state index is -3.48. The van der Waals surface area contributed by atoms with Gasteiger partial charge >= 0.3 is 0 Å². The molecule has 3 aliphatic rings. The maximum atomic E-state index is 13.8. The fourth-order valence-electron chi connectivity index (χ4n) is 5.71. The number of fused-ring (bicyclic) bond motifs is 4. The van der Waals surface area contributed by atoms with Crippen LogP contribution in [0.25, 0.3) is 0 Å². The third-order valence-electron chi connectivity index (χ3n) is 7.79. The van der Waals surface area contributed by atoms with Crippen LogP contribution in [0.4, 0.5) is 0 Å². The van der Waals surface area contributed by atoms with Crippen molar-refractivity contribution in [1.82, 2.24) is 19.8 Å². The number of hydrogen-bond acceptors (Lipinski definition) is 8. The van der Waals surface area contributed by atoms with E-state index in [1.165, 1.54) is 0 Å². The zero-order valence-corrected chi connectivity index (χ0v) is 23.8. The topological polar surface area (TPSA) is 141 Å². The highest BCUT2D eigenvalue weighted by Crippen LogP contribution is 2.26. The largest absolute Gasteiger partial charge is 0.493 e. The lowest BCUT2D eigenvalue weighted by atomic mass is 9.97. The van der Waals surface area contributed by atoms with Gasteiger partial charge in [-0.05, 0) is 42.7 Å². The van der Waals surface area contributed by atoms with Gasteiger partial charge < -0.3 is 19.7 Å². The molecule has 3 aliphatic heterocycles. The highest BCUT2D eigenvalue weighted by atomic mass is 32.2. The molecule has 2 fully saturated rings. The molecule has 0 spiro atoms. The SMILES string of the molecule is CS(=O)(=O)N[C@@H]1CC[C@H]2CCOc3ccccc3C(=O)N3CCN(Cc4ccc(C#N)cc4)C[C@H]3C(=O)NC[C@H]1O2. The van der Waals surface area contributed by atoms with E-state index in [-0.39, 0.29) is 24.5 Å². The average molecular weight is 582 g/mol. The number of amides is 2. The molecule has 2 amide bonds. The summed E-state index contributed by atoms with van der Waals surface area (Å²) in [6.07, 6.45) is 2.15. The quantitative estimate of drug-likeness (QED) is 0.550. The molecular weight excluding hydrogens is 546 g/mol. The first kappa shape index (κ1) is 29.0. The van der Waals surface area contributed by atoms with Crippen LogP contribution in [-0.2, 0) is 26.1 Å². The van der Waals surface area contributed by atoms with Crippen LogP contribution in [-0.4, -0.2) is 93.4 Å². The Morgan fingerprint density at radius 2 is 1.85 bits per heavy atom. The minimum absolute atomic E-state index is 0.105. The molecule has 0 unspecified atom stereocenters. The summed E-state index contributed by atoms with van der Waals surface area (Å²) in [5.74, 6) is -0.149. The number of sulfonamides is 1. The van der Waals surface area contributed by atoms with Gasteiger partial charge in [0.2, 0.25) is 15.9 Å². The van der Waals surface area contributed by atoms with Crippen LogP contribution in [0.15, 0.2) is 48.5 Å². The number of nitrogens with zero attached hydrogens (tertiary/aromatic N) is 3. The number of benzene rings is 2. The molecule has 11 nitrogen and oxygen atoms in total. The van der Waals surface area contributed by atoms with Crippen molar-refractivity contribution in [3.05, 3.63) is 65.2 Å². The van der Waals surface area contributed by atoms with Crippen molar-refractivity contribution >= 4 is 21.8 Å². The molecule has 0 saturated carbocycles. The van der Waals surface area contributed by atoms with E-state index in [1.807, 2.05) is 18.2 Å². The van der Waals surface area contributed by atoms with Crippen molar-refractivity contribution in [3.63, 3.8) is 0 Å². The number of nitriles is 1. The Bertz CT molecular complexity index is 1410. The summed E-state index contributed by atoms with van der Waals surface area (Å²) in [7, 11) is -3.48. The van der Waals surface area contributed by atoms with E-state index in [4.69, 9.17) is 14.7 Å². The van der Waals surface area contributed by atoms with Crippen LogP contribution >= 0.6 is 0 Å². The van der Waals surface area contributed by atoms with Crippen molar-refractivity contribution in [2.75, 3.05) is 39.0 Å². The van der Waals surface area contributed by atoms with Gasteiger partial charge in [-0.3, -0.25) is 14.5 Å². The molecule has 2 aromatic rings. The van der Waals surface area contributed by atoms with E-state index < -0.39 is 28.2 Å². The molecule has 2 saturated heterocycles. The zero-order valence-electron chi connectivity index (χ0n) is 23.0. The molecule has 4 atom stereocenters. The lowest BCUT2D eigenvalue weighted by Gasteiger charge is -2.41. The number of carbonyl (C=O) groups excluding carboxylic acids is 2. The van der Waals surface area contributed by atoms with E-state index in [2.05, 4.69) is 21.0 Å². The fraction of sp³-hybridized carbons (Fsp3) is 0.483. The third-order valence-corrected chi connectivity index (χ3v) is 8.52. The van der Waals surface area contributed by atoms with Crippen LogP contribution in [0.3, 0.4) is 0 Å². The fourth-order valence-corrected chi connectivity index (χ4v) is 6.53. The smallest absolute Gasteiger partial charge is 0.258 e. The second-order valence-electron chi connectivity index (χ2n) is 10.8. The van der Waals surface area contributed by atoms with Gasteiger partial charge in [0.05, 0.1) is 42.3 Å². The molecule has 2 aromatic carbocycles. The molecular formula is C29H35N5O6S. The average Bonchev–Trinajstić information content (AvgIpc) is 2.96. The first-order chi connectivity index (χ1) is 19.7. The molecule has 12 heteroatoms. The molecule has 2 bridgehead atoms. The van der Waals surface area contributed by atoms with Crippen molar-refractivity contribution in [3.8, 4) is 11.8 Å². The number of para-hydroxylation sites is 1. The summed E-state index contributed by atoms with van der Waals surface area (Å²) < 4.78 is 39.0. The molecule has 0 aliphatic carbocycles. The van der Waals surface area contributed by atoms with E-state index in [1.54, 1.807) is 35.2 Å². The van der Waals surface area contributed by atoms with Gasteiger partial charge in [-0.2, -0.15) is 5.26 Å². The number of carbonyl (C=O) groups is 2. The number of ether oxygens (including phenoxy) is 2. The van der Waals surface area contributed by atoms with Crippen LogP contribution in [0, 0.1) is 11.3 Å². The Hall–Kier alpha value is -3.50. The van der Waals surface area contributed by atoms with Crippen LogP contribution in [0.5, 0.6) is 5.75 Å². The summed E-state index contributed by atoms with van der Waals surface area (Å²) >= 11 is 0. The van der Waals surface area contributed by atoms with Crippen LogP contribution < -0.4 is 14.8 Å². The van der Waals surface area contributed by atoms with Gasteiger partial charge in [-0.15, -0.1) is 0 Å². The van der Waals surface area contributed by atoms with Gasteiger partial charge in [0.25, 0.3) is 5.91 Å². The molecule has 41 heavy (non-hydrogen) atoms. The maximum Gasteiger partial charge on any atom is 0.258 e. The second kappa shape index (κ2) is 12.6. The van der Waals surface area contributed by atoms with Crippen molar-refractivity contribution < 1.29 is 27.5 Å². The summed E-state index contributed by atoms with van der Waals surface area (Å²) in [6.45, 7) is 2.20. The standard InChI is InChI=1S/C29H35N5O6S/c1-41(37,38)32-24-11-10-22-12-15-39-26-5-3-2-4-23(26)29(36)34-14-13-33(18-21-8-6-20(16-30)7-9-21)19-25(34)28(35)31-17-27(24)40-22/h2-9,22,24-25,27,32H,10-15,17-19H2,1H3,(H,31,35)/t22-,24+,25-,27+/m0/s1. The van der Waals surface area contributed by atoms with Gasteiger partial charge in [0.1, 0.15) is 11.8 Å². The second-order valence-corrected chi connectivity index (χ2v) is 12.6. The van der Waals surface area contributed by atoms with E-state index >= 15 is 0 Å². The van der Waals surface area contributed by atoms with Crippen molar-refractivity contribution in [2.24, 2.45) is 0 Å². The molecule has 3 heterocycles. The van der Waals surface area contributed by atoms with Crippen LogP contribution in [0.1, 0.15) is 40.7 Å². The Morgan fingerprint density at radius 1 is 1.07 bits per heavy atom. The summed E-state index contributed by atoms with van der Waals surface area (Å²) in [5, 5.41) is 12.1. The van der Waals surface area contributed by atoms with Gasteiger partial charge in [-0.25, -0.2) is 13.1 Å². The molecule has 0 radical (unpaired) electrons. The summed E-state index contributed by atoms with van der Waals surface area (Å²) in [6, 6.07) is 15.2. The first-order valence-corrected chi connectivity index (χ1v) is 15.7.